The number of rotatable bonds is 6. The minimum absolute atomic E-state index is 0.0961. The van der Waals surface area contributed by atoms with E-state index in [9.17, 15) is 4.79 Å². The van der Waals surface area contributed by atoms with E-state index in [4.69, 9.17) is 0 Å². The normalized spacial score (nSPS) is 15.9. The molecular weight excluding hydrogens is 312 g/mol. The predicted octanol–water partition coefficient (Wildman–Crippen LogP) is 1.82. The van der Waals surface area contributed by atoms with Crippen molar-refractivity contribution in [2.75, 3.05) is 32.7 Å². The third-order valence-electron chi connectivity index (χ3n) is 4.55. The molecule has 1 aliphatic rings. The first-order valence-corrected chi connectivity index (χ1v) is 8.86. The Hall–Kier alpha value is -2.24. The Morgan fingerprint density at radius 1 is 1.04 bits per heavy atom. The molecule has 132 valence electrons. The molecule has 5 heteroatoms. The van der Waals surface area contributed by atoms with Crippen LogP contribution in [0, 0.1) is 6.92 Å². The van der Waals surface area contributed by atoms with E-state index in [1.807, 2.05) is 18.3 Å². The fraction of sp³-hybridized carbons (Fsp3) is 0.400. The van der Waals surface area contributed by atoms with Crippen LogP contribution in [0.3, 0.4) is 0 Å². The molecule has 2 heterocycles. The second-order valence-electron chi connectivity index (χ2n) is 6.64. The van der Waals surface area contributed by atoms with Crippen LogP contribution in [0.4, 0.5) is 0 Å². The maximum atomic E-state index is 12.1. The number of pyridine rings is 1. The number of aromatic nitrogens is 1. The molecule has 1 aromatic carbocycles. The smallest absolute Gasteiger partial charge is 0.234 e. The van der Waals surface area contributed by atoms with Gasteiger partial charge in [0.2, 0.25) is 5.91 Å². The molecule has 1 fully saturated rings. The number of piperazine rings is 1. The van der Waals surface area contributed by atoms with Crippen molar-refractivity contribution in [2.45, 2.75) is 20.0 Å². The SMILES string of the molecule is Cc1ccc(CNC(=O)CN2CCN(Cc3ccccn3)CC2)cc1. The van der Waals surface area contributed by atoms with E-state index in [1.165, 1.54) is 5.56 Å². The van der Waals surface area contributed by atoms with E-state index in [0.717, 1.165) is 44.0 Å². The molecule has 1 amide bonds. The molecule has 0 atom stereocenters. The summed E-state index contributed by atoms with van der Waals surface area (Å²) < 4.78 is 0. The number of benzene rings is 1. The number of nitrogens with one attached hydrogen (secondary N) is 1. The Balaban J connectivity index is 1.36. The molecule has 0 saturated carbocycles. The molecule has 0 spiro atoms. The van der Waals surface area contributed by atoms with E-state index >= 15 is 0 Å². The highest BCUT2D eigenvalue weighted by molar-refractivity contribution is 5.78. The van der Waals surface area contributed by atoms with Crippen LogP contribution >= 0.6 is 0 Å². The fourth-order valence-electron chi connectivity index (χ4n) is 2.99. The molecule has 0 unspecified atom stereocenters. The highest BCUT2D eigenvalue weighted by Crippen LogP contribution is 2.07. The number of carbonyl (C=O) groups excluding carboxylic acids is 1. The van der Waals surface area contributed by atoms with Gasteiger partial charge in [-0.1, -0.05) is 35.9 Å². The third kappa shape index (κ3) is 5.66. The van der Waals surface area contributed by atoms with Gasteiger partial charge in [-0.05, 0) is 24.6 Å². The van der Waals surface area contributed by atoms with Gasteiger partial charge in [-0.3, -0.25) is 19.6 Å². The summed E-state index contributed by atoms with van der Waals surface area (Å²) in [5, 5.41) is 3.01. The highest BCUT2D eigenvalue weighted by atomic mass is 16.2. The molecule has 0 bridgehead atoms. The monoisotopic (exact) mass is 338 g/mol. The summed E-state index contributed by atoms with van der Waals surface area (Å²) in [5.74, 6) is 0.0961. The summed E-state index contributed by atoms with van der Waals surface area (Å²) in [4.78, 5) is 21.1. The molecule has 1 saturated heterocycles. The summed E-state index contributed by atoms with van der Waals surface area (Å²) in [6.45, 7) is 7.81. The molecule has 0 aliphatic carbocycles. The molecule has 25 heavy (non-hydrogen) atoms. The van der Waals surface area contributed by atoms with Crippen molar-refractivity contribution in [1.82, 2.24) is 20.1 Å². The molecular formula is C20H26N4O. The van der Waals surface area contributed by atoms with Crippen molar-refractivity contribution >= 4 is 5.91 Å². The average molecular weight is 338 g/mol. The van der Waals surface area contributed by atoms with Gasteiger partial charge in [0.05, 0.1) is 12.2 Å². The second kappa shape index (κ2) is 8.74. The van der Waals surface area contributed by atoms with Gasteiger partial charge in [0.25, 0.3) is 0 Å². The molecule has 1 aliphatic heterocycles. The van der Waals surface area contributed by atoms with Gasteiger partial charge in [-0.25, -0.2) is 0 Å². The molecule has 0 radical (unpaired) electrons. The molecule has 5 nitrogen and oxygen atoms in total. The van der Waals surface area contributed by atoms with E-state index < -0.39 is 0 Å². The van der Waals surface area contributed by atoms with Gasteiger partial charge in [0.1, 0.15) is 0 Å². The van der Waals surface area contributed by atoms with Gasteiger partial charge in [-0.15, -0.1) is 0 Å². The van der Waals surface area contributed by atoms with Crippen LogP contribution in [0.5, 0.6) is 0 Å². The van der Waals surface area contributed by atoms with Crippen LogP contribution in [0.1, 0.15) is 16.8 Å². The largest absolute Gasteiger partial charge is 0.351 e. The minimum Gasteiger partial charge on any atom is -0.351 e. The lowest BCUT2D eigenvalue weighted by atomic mass is 10.1. The predicted molar refractivity (Wildman–Crippen MR) is 99.0 cm³/mol. The zero-order chi connectivity index (χ0) is 17.5. The lowest BCUT2D eigenvalue weighted by molar-refractivity contribution is -0.122. The third-order valence-corrected chi connectivity index (χ3v) is 4.55. The maximum Gasteiger partial charge on any atom is 0.234 e. The number of amides is 1. The quantitative estimate of drug-likeness (QED) is 0.873. The summed E-state index contributed by atoms with van der Waals surface area (Å²) in [6.07, 6.45) is 1.84. The van der Waals surface area contributed by atoms with Crippen LogP contribution < -0.4 is 5.32 Å². The van der Waals surface area contributed by atoms with Crippen molar-refractivity contribution in [1.29, 1.82) is 0 Å². The summed E-state index contributed by atoms with van der Waals surface area (Å²) in [7, 11) is 0. The van der Waals surface area contributed by atoms with Crippen molar-refractivity contribution in [3.05, 3.63) is 65.5 Å². The number of nitrogens with zero attached hydrogens (tertiary/aromatic N) is 3. The first-order chi connectivity index (χ1) is 12.2. The zero-order valence-corrected chi connectivity index (χ0v) is 14.8. The molecule has 1 N–H and O–H groups in total. The summed E-state index contributed by atoms with van der Waals surface area (Å²) >= 11 is 0. The lowest BCUT2D eigenvalue weighted by Gasteiger charge is -2.34. The van der Waals surface area contributed by atoms with Crippen LogP contribution in [0.2, 0.25) is 0 Å². The number of hydrogen-bond acceptors (Lipinski definition) is 4. The van der Waals surface area contributed by atoms with E-state index in [1.54, 1.807) is 0 Å². The van der Waals surface area contributed by atoms with E-state index in [0.29, 0.717) is 13.1 Å². The van der Waals surface area contributed by atoms with Gasteiger partial charge in [-0.2, -0.15) is 0 Å². The van der Waals surface area contributed by atoms with E-state index in [2.05, 4.69) is 57.4 Å². The first kappa shape index (κ1) is 17.6. The van der Waals surface area contributed by atoms with Gasteiger partial charge < -0.3 is 5.32 Å². The average Bonchev–Trinajstić information content (AvgIpc) is 2.64. The van der Waals surface area contributed by atoms with Gasteiger partial charge >= 0.3 is 0 Å². The number of carbonyl (C=O) groups is 1. The number of aryl methyl sites for hydroxylation is 1. The Morgan fingerprint density at radius 3 is 2.44 bits per heavy atom. The van der Waals surface area contributed by atoms with Crippen molar-refractivity contribution < 1.29 is 4.79 Å². The maximum absolute atomic E-state index is 12.1. The Kier molecular flexibility index (Phi) is 6.14. The topological polar surface area (TPSA) is 48.5 Å². The fourth-order valence-corrected chi connectivity index (χ4v) is 2.99. The Labute approximate surface area is 149 Å². The van der Waals surface area contributed by atoms with Gasteiger partial charge in [0, 0.05) is 45.5 Å². The Bertz CT molecular complexity index is 664. The van der Waals surface area contributed by atoms with Crippen LogP contribution in [0.25, 0.3) is 0 Å². The van der Waals surface area contributed by atoms with Crippen molar-refractivity contribution in [3.8, 4) is 0 Å². The van der Waals surface area contributed by atoms with Crippen molar-refractivity contribution in [2.24, 2.45) is 0 Å². The second-order valence-corrected chi connectivity index (χ2v) is 6.64. The molecule has 1 aromatic heterocycles. The molecule has 2 aromatic rings. The van der Waals surface area contributed by atoms with E-state index in [-0.39, 0.29) is 5.91 Å². The van der Waals surface area contributed by atoms with Gasteiger partial charge in [0.15, 0.2) is 0 Å². The summed E-state index contributed by atoms with van der Waals surface area (Å²) in [6, 6.07) is 14.3. The van der Waals surface area contributed by atoms with Crippen LogP contribution in [-0.2, 0) is 17.9 Å². The summed E-state index contributed by atoms with van der Waals surface area (Å²) in [5.41, 5.74) is 3.48. The standard InChI is InChI=1S/C20H26N4O/c1-17-5-7-18(8-6-17)14-22-20(25)16-24-12-10-23(11-13-24)15-19-4-2-3-9-21-19/h2-9H,10-16H2,1H3,(H,22,25). The minimum atomic E-state index is 0.0961. The molecule has 3 rings (SSSR count). The van der Waals surface area contributed by atoms with Crippen molar-refractivity contribution in [3.63, 3.8) is 0 Å². The highest BCUT2D eigenvalue weighted by Gasteiger charge is 2.19. The van der Waals surface area contributed by atoms with Crippen LogP contribution in [0.15, 0.2) is 48.7 Å². The zero-order valence-electron chi connectivity index (χ0n) is 14.8. The lowest BCUT2D eigenvalue weighted by Crippen LogP contribution is -2.49. The van der Waals surface area contributed by atoms with Crippen LogP contribution in [-0.4, -0.2) is 53.4 Å². The number of hydrogen-bond donors (Lipinski definition) is 1. The Morgan fingerprint density at radius 2 is 1.76 bits per heavy atom. The first-order valence-electron chi connectivity index (χ1n) is 8.86.